The van der Waals surface area contributed by atoms with Crippen molar-refractivity contribution in [3.8, 4) is 0 Å². The Balaban J connectivity index is 0.00000210. The van der Waals surface area contributed by atoms with Crippen molar-refractivity contribution < 1.29 is 22.1 Å². The van der Waals surface area contributed by atoms with Gasteiger partial charge in [0.1, 0.15) is 5.57 Å². The lowest BCUT2D eigenvalue weighted by atomic mass is 10.0. The minimum atomic E-state index is 0. The van der Waals surface area contributed by atoms with E-state index in [1.807, 2.05) is 73.4 Å². The third kappa shape index (κ3) is 3.46. The second kappa shape index (κ2) is 7.68. The molecule has 0 unspecified atom stereocenters. The number of hydrogen-bond acceptors (Lipinski definition) is 2. The first-order valence-corrected chi connectivity index (χ1v) is 8.65. The van der Waals surface area contributed by atoms with Crippen LogP contribution in [0.2, 0.25) is 0 Å². The number of anilines is 1. The van der Waals surface area contributed by atoms with Crippen LogP contribution >= 0.6 is 0 Å². The third-order valence-electron chi connectivity index (χ3n) is 4.63. The molecule has 0 spiro atoms. The molecule has 0 atom stereocenters. The smallest absolute Gasteiger partial charge is 0.254 e. The number of benzene rings is 2. The molecule has 4 heteroatoms. The van der Waals surface area contributed by atoms with Gasteiger partial charge in [0.2, 0.25) is 11.5 Å². The van der Waals surface area contributed by atoms with Gasteiger partial charge in [0.05, 0.1) is 0 Å². The van der Waals surface area contributed by atoms with Crippen LogP contribution in [-0.2, 0) is 0 Å². The molecule has 0 fully saturated rings. The fourth-order valence-corrected chi connectivity index (χ4v) is 3.27. The molecule has 2 heterocycles. The van der Waals surface area contributed by atoms with Crippen molar-refractivity contribution in [2.45, 2.75) is 0 Å². The summed E-state index contributed by atoms with van der Waals surface area (Å²) in [6.45, 7) is 0. The molecule has 0 saturated heterocycles. The van der Waals surface area contributed by atoms with Crippen LogP contribution in [0.3, 0.4) is 0 Å². The van der Waals surface area contributed by atoms with Gasteiger partial charge < -0.3 is 22.4 Å². The Labute approximate surface area is 165 Å². The number of hydrogen-bond donors (Lipinski definition) is 1. The lowest BCUT2D eigenvalue weighted by molar-refractivity contribution is -0.576. The van der Waals surface area contributed by atoms with Gasteiger partial charge in [-0.15, -0.1) is 0 Å². The average Bonchev–Trinajstić information content (AvgIpc) is 2.95. The zero-order valence-corrected chi connectivity index (χ0v) is 16.1. The average molecular weight is 377 g/mol. The Morgan fingerprint density at radius 3 is 2.19 bits per heavy atom. The van der Waals surface area contributed by atoms with Gasteiger partial charge in [0, 0.05) is 38.0 Å². The predicted octanol–water partition coefficient (Wildman–Crippen LogP) is 1.48. The van der Waals surface area contributed by atoms with Gasteiger partial charge in [-0.2, -0.15) is 4.57 Å². The highest BCUT2D eigenvalue weighted by Gasteiger charge is 2.35. The number of aliphatic hydroxyl groups is 1. The quantitative estimate of drug-likeness (QED) is 0.701. The summed E-state index contributed by atoms with van der Waals surface area (Å²) in [7, 11) is 4.07. The molecule has 1 N–H and O–H groups in total. The van der Waals surface area contributed by atoms with E-state index in [1.165, 1.54) is 0 Å². The Morgan fingerprint density at radius 1 is 0.852 bits per heavy atom. The highest BCUT2D eigenvalue weighted by molar-refractivity contribution is 6.11. The second-order valence-corrected chi connectivity index (χ2v) is 6.56. The lowest BCUT2D eigenvalue weighted by Gasteiger charge is -2.11. The first-order chi connectivity index (χ1) is 12.6. The number of allylic oxidation sites excluding steroid dienone is 2. The maximum Gasteiger partial charge on any atom is 0.254 e. The summed E-state index contributed by atoms with van der Waals surface area (Å²) in [5.41, 5.74) is 5.90. The minimum Gasteiger partial charge on any atom is -1.00 e. The highest BCUT2D eigenvalue weighted by atomic mass is 35.5. The summed E-state index contributed by atoms with van der Waals surface area (Å²) in [4.78, 5) is 2.08. The van der Waals surface area contributed by atoms with Gasteiger partial charge in [-0.05, 0) is 29.3 Å². The van der Waals surface area contributed by atoms with Crippen LogP contribution in [0.5, 0.6) is 0 Å². The van der Waals surface area contributed by atoms with Crippen LogP contribution < -0.4 is 21.9 Å². The monoisotopic (exact) mass is 376 g/mol. The molecule has 0 aliphatic carbocycles. The molecule has 4 rings (SSSR count). The van der Waals surface area contributed by atoms with Crippen molar-refractivity contribution in [2.75, 3.05) is 19.0 Å². The van der Waals surface area contributed by atoms with Crippen LogP contribution in [0, 0.1) is 0 Å². The molecule has 0 bridgehead atoms. The van der Waals surface area contributed by atoms with Gasteiger partial charge in [0.25, 0.3) is 5.69 Å². The van der Waals surface area contributed by atoms with Crippen molar-refractivity contribution in [3.05, 3.63) is 95.8 Å². The zero-order chi connectivity index (χ0) is 18.1. The fraction of sp³-hybridized carbons (Fsp3) is 0.0870. The van der Waals surface area contributed by atoms with Gasteiger partial charge >= 0.3 is 0 Å². The Bertz CT molecular complexity index is 1010. The van der Waals surface area contributed by atoms with E-state index in [2.05, 4.69) is 35.2 Å². The molecule has 1 aliphatic heterocycles. The van der Waals surface area contributed by atoms with Crippen LogP contribution in [0.4, 0.5) is 5.69 Å². The molecule has 1 aliphatic rings. The molecular formula is C23H21ClN2O. The summed E-state index contributed by atoms with van der Waals surface area (Å²) in [5.74, 6) is 0.313. The number of aromatic nitrogens is 1. The number of aliphatic hydroxyl groups excluding tert-OH is 1. The van der Waals surface area contributed by atoms with Crippen molar-refractivity contribution in [1.29, 1.82) is 0 Å². The van der Waals surface area contributed by atoms with E-state index in [0.29, 0.717) is 5.76 Å². The zero-order valence-electron chi connectivity index (χ0n) is 15.3. The van der Waals surface area contributed by atoms with Gasteiger partial charge in [-0.25, -0.2) is 0 Å². The maximum atomic E-state index is 10.9. The molecule has 3 aromatic rings. The molecule has 3 nitrogen and oxygen atoms in total. The second-order valence-electron chi connectivity index (χ2n) is 6.56. The van der Waals surface area contributed by atoms with Gasteiger partial charge in [-0.3, -0.25) is 0 Å². The van der Waals surface area contributed by atoms with E-state index < -0.39 is 0 Å². The number of nitrogens with zero attached hydrogens (tertiary/aromatic N) is 2. The predicted molar refractivity (Wildman–Crippen MR) is 107 cm³/mol. The van der Waals surface area contributed by atoms with E-state index in [0.717, 1.165) is 33.8 Å². The van der Waals surface area contributed by atoms with Crippen molar-refractivity contribution in [2.24, 2.45) is 0 Å². The summed E-state index contributed by atoms with van der Waals surface area (Å²) in [5, 5.41) is 10.9. The van der Waals surface area contributed by atoms with Crippen LogP contribution in [0.25, 0.3) is 23.1 Å². The van der Waals surface area contributed by atoms with Crippen molar-refractivity contribution >= 4 is 28.8 Å². The number of halogens is 1. The summed E-state index contributed by atoms with van der Waals surface area (Å²) >= 11 is 0. The van der Waals surface area contributed by atoms with Gasteiger partial charge in [0.15, 0.2) is 6.20 Å². The maximum absolute atomic E-state index is 10.9. The summed E-state index contributed by atoms with van der Waals surface area (Å²) < 4.78 is 2.04. The number of rotatable bonds is 3. The number of pyridine rings is 1. The lowest BCUT2D eigenvalue weighted by Crippen LogP contribution is -3.00. The molecule has 0 amide bonds. The number of fused-ring (bicyclic) bond motifs is 1. The molecule has 27 heavy (non-hydrogen) atoms. The SMILES string of the molecule is CN(C)c1ccc(/C=C2/C(c3ccccc3)=C(O)c3cccc[n+]32)cc1.[Cl-]. The first-order valence-electron chi connectivity index (χ1n) is 8.65. The van der Waals surface area contributed by atoms with Crippen LogP contribution in [0.15, 0.2) is 79.0 Å². The first kappa shape index (κ1) is 18.7. The molecule has 136 valence electrons. The molecule has 0 saturated carbocycles. The summed E-state index contributed by atoms with van der Waals surface area (Å²) in [6.07, 6.45) is 4.11. The van der Waals surface area contributed by atoms with E-state index in [9.17, 15) is 5.11 Å². The van der Waals surface area contributed by atoms with E-state index in [4.69, 9.17) is 0 Å². The molecule has 0 radical (unpaired) electrons. The van der Waals surface area contributed by atoms with Crippen molar-refractivity contribution in [3.63, 3.8) is 0 Å². The largest absolute Gasteiger partial charge is 1.00 e. The minimum absolute atomic E-state index is 0. The van der Waals surface area contributed by atoms with E-state index in [-0.39, 0.29) is 12.4 Å². The van der Waals surface area contributed by atoms with E-state index in [1.54, 1.807) is 0 Å². The highest BCUT2D eigenvalue weighted by Crippen LogP contribution is 2.36. The normalized spacial score (nSPS) is 14.1. The van der Waals surface area contributed by atoms with E-state index >= 15 is 0 Å². The van der Waals surface area contributed by atoms with Crippen molar-refractivity contribution in [1.82, 2.24) is 0 Å². The Kier molecular flexibility index (Phi) is 5.33. The Morgan fingerprint density at radius 2 is 1.52 bits per heavy atom. The topological polar surface area (TPSA) is 27.3 Å². The fourth-order valence-electron chi connectivity index (χ4n) is 3.27. The molecular weight excluding hydrogens is 356 g/mol. The summed E-state index contributed by atoms with van der Waals surface area (Å²) in [6, 6.07) is 24.3. The molecule has 1 aromatic heterocycles. The van der Waals surface area contributed by atoms with Gasteiger partial charge in [-0.1, -0.05) is 42.5 Å². The Hall–Kier alpha value is -3.04. The van der Waals surface area contributed by atoms with Crippen LogP contribution in [-0.4, -0.2) is 19.2 Å². The third-order valence-corrected chi connectivity index (χ3v) is 4.63. The standard InChI is InChI=1S/C23H20N2O.ClH/c1-24(2)19-13-11-17(12-14-19)16-21-22(18-8-4-3-5-9-18)23(26)20-10-6-7-15-25(20)21;/h3-16H,1-2H3;1H. The van der Waals surface area contributed by atoms with Crippen LogP contribution in [0.1, 0.15) is 16.8 Å². The molecule has 2 aromatic carbocycles.